The summed E-state index contributed by atoms with van der Waals surface area (Å²) < 4.78 is 6.79. The molecule has 11 nitrogen and oxygen atoms in total. The number of hydrogen-bond acceptors (Lipinski definition) is 10. The molecule has 13 heteroatoms. The standard InChI is InChI=1S/C40H36Cl2N6O5/c41-31-21-27-35(25-7-1-2-8-26(25)40(51)52)28-22-32(42)37(50)30(24-46-15-19-48(20-16-46)34-10-4-6-12-44-34)39(28)53-38(27)29(36(31)49)23-45-13-17-47(18-14-45)33-9-3-5-11-43-33/h1-12,21-22,49H,13-20,23-24H2,(H,51,52). The lowest BCUT2D eigenvalue weighted by molar-refractivity contribution is 0.0697. The van der Waals surface area contributed by atoms with Crippen LogP contribution < -0.4 is 15.2 Å². The molecule has 0 radical (unpaired) electrons. The molecule has 53 heavy (non-hydrogen) atoms. The zero-order valence-electron chi connectivity index (χ0n) is 28.7. The Hall–Kier alpha value is -5.20. The normalized spacial score (nSPS) is 15.7. The molecule has 2 fully saturated rings. The van der Waals surface area contributed by atoms with E-state index in [1.807, 2.05) is 36.4 Å². The van der Waals surface area contributed by atoms with Crippen molar-refractivity contribution in [2.24, 2.45) is 0 Å². The third-order valence-electron chi connectivity index (χ3n) is 10.2. The quantitative estimate of drug-likeness (QED) is 0.161. The molecule has 1 aliphatic carbocycles. The average Bonchev–Trinajstić information content (AvgIpc) is 3.19. The number of aromatic carboxylic acids is 1. The van der Waals surface area contributed by atoms with Crippen molar-refractivity contribution in [1.29, 1.82) is 0 Å². The fourth-order valence-corrected chi connectivity index (χ4v) is 7.91. The highest BCUT2D eigenvalue weighted by atomic mass is 35.5. The van der Waals surface area contributed by atoms with Gasteiger partial charge in [-0.3, -0.25) is 14.6 Å². The van der Waals surface area contributed by atoms with Crippen molar-refractivity contribution >= 4 is 51.8 Å². The van der Waals surface area contributed by atoms with Crippen molar-refractivity contribution in [3.05, 3.63) is 122 Å². The van der Waals surface area contributed by atoms with E-state index in [0.717, 1.165) is 24.7 Å². The molecule has 0 saturated carbocycles. The van der Waals surface area contributed by atoms with Crippen LogP contribution in [0.15, 0.2) is 94.4 Å². The summed E-state index contributed by atoms with van der Waals surface area (Å²) >= 11 is 13.5. The van der Waals surface area contributed by atoms with Gasteiger partial charge in [-0.25, -0.2) is 14.8 Å². The van der Waals surface area contributed by atoms with Gasteiger partial charge in [0.1, 0.15) is 28.7 Å². The molecule has 4 aliphatic rings. The van der Waals surface area contributed by atoms with Gasteiger partial charge in [-0.05, 0) is 48.0 Å². The molecule has 2 aromatic carbocycles. The van der Waals surface area contributed by atoms with Crippen LogP contribution in [0.1, 0.15) is 21.5 Å². The van der Waals surface area contributed by atoms with E-state index in [9.17, 15) is 19.8 Å². The summed E-state index contributed by atoms with van der Waals surface area (Å²) in [5.74, 6) is 0.852. The van der Waals surface area contributed by atoms with Crippen LogP contribution >= 0.6 is 23.2 Å². The highest BCUT2D eigenvalue weighted by molar-refractivity contribution is 6.33. The number of rotatable bonds is 8. The van der Waals surface area contributed by atoms with Gasteiger partial charge in [-0.2, -0.15) is 0 Å². The highest BCUT2D eigenvalue weighted by Gasteiger charge is 2.31. The molecular formula is C40H36Cl2N6O5. The fraction of sp³-hybridized carbons (Fsp3) is 0.250. The summed E-state index contributed by atoms with van der Waals surface area (Å²) in [4.78, 5) is 44.4. The number of carboxylic acids is 1. The lowest BCUT2D eigenvalue weighted by Crippen LogP contribution is -2.46. The van der Waals surface area contributed by atoms with Crippen LogP contribution in [0.4, 0.5) is 11.6 Å². The van der Waals surface area contributed by atoms with Crippen molar-refractivity contribution in [1.82, 2.24) is 19.8 Å². The summed E-state index contributed by atoms with van der Waals surface area (Å²) in [5.41, 5.74) is 2.23. The SMILES string of the molecule is O=C(O)c1ccccc1-c1c2cc(Cl)c(=O)c(CN3CCN(c4ccccn4)CC3)c-2oc2c(CN3CCN(c4ccccn4)CC3)c(O)c(Cl)cc12. The Labute approximate surface area is 315 Å². The van der Waals surface area contributed by atoms with Gasteiger partial charge >= 0.3 is 5.97 Å². The van der Waals surface area contributed by atoms with E-state index in [2.05, 4.69) is 29.6 Å². The molecule has 2 aromatic heterocycles. The summed E-state index contributed by atoms with van der Waals surface area (Å²) in [5, 5.41) is 22.5. The van der Waals surface area contributed by atoms with E-state index in [1.165, 1.54) is 6.07 Å². The molecule has 0 amide bonds. The number of piperazine rings is 2. The zero-order valence-corrected chi connectivity index (χ0v) is 30.2. The molecule has 4 aromatic rings. The maximum atomic E-state index is 14.0. The van der Waals surface area contributed by atoms with Crippen LogP contribution in [-0.4, -0.2) is 88.3 Å². The first-order valence-corrected chi connectivity index (χ1v) is 18.2. The molecule has 2 N–H and O–H groups in total. The Kier molecular flexibility index (Phi) is 9.65. The number of carbonyl (C=O) groups is 1. The molecule has 270 valence electrons. The van der Waals surface area contributed by atoms with E-state index < -0.39 is 5.97 Å². The number of hydrogen-bond donors (Lipinski definition) is 2. The van der Waals surface area contributed by atoms with Crippen LogP contribution in [0.3, 0.4) is 0 Å². The predicted octanol–water partition coefficient (Wildman–Crippen LogP) is 6.71. The molecule has 8 rings (SSSR count). The lowest BCUT2D eigenvalue weighted by atomic mass is 9.88. The molecule has 2 saturated heterocycles. The smallest absolute Gasteiger partial charge is 0.336 e. The largest absolute Gasteiger partial charge is 0.506 e. The zero-order chi connectivity index (χ0) is 36.6. The Bertz CT molecular complexity index is 2330. The van der Waals surface area contributed by atoms with E-state index in [-0.39, 0.29) is 39.1 Å². The molecule has 0 atom stereocenters. The first-order chi connectivity index (χ1) is 25.8. The second kappa shape index (κ2) is 14.7. The predicted molar refractivity (Wildman–Crippen MR) is 207 cm³/mol. The molecule has 3 aliphatic heterocycles. The number of phenolic OH excluding ortho intramolecular Hbond substituents is 1. The van der Waals surface area contributed by atoms with Crippen LogP contribution in [0, 0.1) is 0 Å². The second-order valence-corrected chi connectivity index (χ2v) is 14.1. The molecule has 0 spiro atoms. The maximum Gasteiger partial charge on any atom is 0.336 e. The Morgan fingerprint density at radius 3 is 1.85 bits per heavy atom. The van der Waals surface area contributed by atoms with E-state index in [1.54, 1.807) is 42.7 Å². The number of halogens is 2. The molecule has 0 bridgehead atoms. The molecule has 0 unspecified atom stereocenters. The number of pyridine rings is 2. The van der Waals surface area contributed by atoms with Crippen molar-refractivity contribution in [3.63, 3.8) is 0 Å². The van der Waals surface area contributed by atoms with E-state index in [0.29, 0.717) is 84.6 Å². The van der Waals surface area contributed by atoms with Gasteiger partial charge in [0.2, 0.25) is 5.43 Å². The Balaban J connectivity index is 1.24. The molecule has 5 heterocycles. The minimum absolute atomic E-state index is 0.000830. The first kappa shape index (κ1) is 34.9. The number of fused-ring (bicyclic) bond motifs is 2. The van der Waals surface area contributed by atoms with Gasteiger partial charge in [0.25, 0.3) is 0 Å². The number of aromatic nitrogens is 2. The van der Waals surface area contributed by atoms with Crippen molar-refractivity contribution < 1.29 is 19.4 Å². The monoisotopic (exact) mass is 750 g/mol. The summed E-state index contributed by atoms with van der Waals surface area (Å²) in [6.07, 6.45) is 3.55. The number of anilines is 2. The van der Waals surface area contributed by atoms with Gasteiger partial charge in [0, 0.05) is 94.4 Å². The lowest BCUT2D eigenvalue weighted by Gasteiger charge is -2.36. The van der Waals surface area contributed by atoms with Crippen molar-refractivity contribution in [3.8, 4) is 28.2 Å². The number of nitrogens with zero attached hydrogens (tertiary/aromatic N) is 6. The van der Waals surface area contributed by atoms with Gasteiger partial charge in [-0.15, -0.1) is 0 Å². The first-order valence-electron chi connectivity index (χ1n) is 17.5. The van der Waals surface area contributed by atoms with E-state index >= 15 is 0 Å². The Morgan fingerprint density at radius 2 is 1.28 bits per heavy atom. The number of phenols is 1. The van der Waals surface area contributed by atoms with Crippen LogP contribution in [0.2, 0.25) is 10.0 Å². The van der Waals surface area contributed by atoms with Gasteiger partial charge in [0.05, 0.1) is 26.7 Å². The average molecular weight is 752 g/mol. The Morgan fingerprint density at radius 1 is 0.717 bits per heavy atom. The summed E-state index contributed by atoms with van der Waals surface area (Å²) in [7, 11) is 0. The van der Waals surface area contributed by atoms with Crippen molar-refractivity contribution in [2.45, 2.75) is 13.1 Å². The summed E-state index contributed by atoms with van der Waals surface area (Å²) in [6.45, 7) is 6.13. The van der Waals surface area contributed by atoms with E-state index in [4.69, 9.17) is 27.6 Å². The number of aromatic hydroxyl groups is 1. The minimum Gasteiger partial charge on any atom is -0.506 e. The van der Waals surface area contributed by atoms with Gasteiger partial charge in [-0.1, -0.05) is 53.5 Å². The highest BCUT2D eigenvalue weighted by Crippen LogP contribution is 2.47. The molecular weight excluding hydrogens is 715 g/mol. The fourth-order valence-electron chi connectivity index (χ4n) is 7.46. The maximum absolute atomic E-state index is 14.0. The van der Waals surface area contributed by atoms with Crippen LogP contribution in [0.25, 0.3) is 33.4 Å². The van der Waals surface area contributed by atoms with Gasteiger partial charge < -0.3 is 24.4 Å². The minimum atomic E-state index is -1.11. The number of benzene rings is 3. The third kappa shape index (κ3) is 6.77. The van der Waals surface area contributed by atoms with Crippen LogP contribution in [0.5, 0.6) is 5.75 Å². The third-order valence-corrected chi connectivity index (χ3v) is 10.8. The topological polar surface area (TPSA) is 126 Å². The van der Waals surface area contributed by atoms with Gasteiger partial charge in [0.15, 0.2) is 0 Å². The second-order valence-electron chi connectivity index (χ2n) is 13.3. The van der Waals surface area contributed by atoms with Crippen molar-refractivity contribution in [2.75, 3.05) is 62.2 Å². The summed E-state index contributed by atoms with van der Waals surface area (Å²) in [6, 6.07) is 21.5. The number of carboxylic acid groups (broad SMARTS) is 1. The van der Waals surface area contributed by atoms with Crippen LogP contribution in [-0.2, 0) is 13.1 Å².